The fraction of sp³-hybridized carbons (Fsp3) is 0.118. The van der Waals surface area contributed by atoms with Crippen LogP contribution in [0.1, 0.15) is 12.0 Å². The van der Waals surface area contributed by atoms with Gasteiger partial charge in [0.05, 0.1) is 5.52 Å². The predicted octanol–water partition coefficient (Wildman–Crippen LogP) is 4.41. The summed E-state index contributed by atoms with van der Waals surface area (Å²) < 4.78 is 54.1. The van der Waals surface area contributed by atoms with Crippen molar-refractivity contribution in [2.24, 2.45) is 0 Å². The Balaban J connectivity index is 2.24. The minimum absolute atomic E-state index is 0.0171. The molecule has 1 heterocycles. The molecule has 0 radical (unpaired) electrons. The number of carbonyl (C=O) groups is 1. The second-order valence-electron chi connectivity index (χ2n) is 5.31. The van der Waals surface area contributed by atoms with Crippen molar-refractivity contribution in [3.05, 3.63) is 59.2 Å². The molecule has 0 fully saturated rings. The van der Waals surface area contributed by atoms with E-state index in [0.717, 1.165) is 18.2 Å². The summed E-state index contributed by atoms with van der Waals surface area (Å²) in [7, 11) is 0. The largest absolute Gasteiger partial charge is 0.481 e. The van der Waals surface area contributed by atoms with Gasteiger partial charge in [-0.1, -0.05) is 0 Å². The predicted molar refractivity (Wildman–Crippen MR) is 79.5 cm³/mol. The van der Waals surface area contributed by atoms with Crippen LogP contribution in [0.5, 0.6) is 0 Å². The van der Waals surface area contributed by atoms with Crippen LogP contribution in [0.15, 0.2) is 30.3 Å². The molecular weight excluding hydrogens is 326 g/mol. The lowest BCUT2D eigenvalue weighted by Crippen LogP contribution is -1.98. The van der Waals surface area contributed by atoms with E-state index < -0.39 is 29.2 Å². The standard InChI is InChI=1S/C17H11F4NO2/c18-9-6-11-10(2-4-15(23)24)16(22-17(11)14(21)7-9)8-1-3-12(19)13(20)5-8/h1,3,5-7,22H,2,4H2,(H,23,24). The molecule has 0 aliphatic rings. The maximum atomic E-state index is 14.0. The van der Waals surface area contributed by atoms with E-state index in [-0.39, 0.29) is 35.0 Å². The smallest absolute Gasteiger partial charge is 0.303 e. The highest BCUT2D eigenvalue weighted by Crippen LogP contribution is 2.33. The van der Waals surface area contributed by atoms with E-state index in [2.05, 4.69) is 4.98 Å². The minimum Gasteiger partial charge on any atom is -0.481 e. The summed E-state index contributed by atoms with van der Waals surface area (Å²) in [6.45, 7) is 0. The molecule has 2 N–H and O–H groups in total. The fourth-order valence-electron chi connectivity index (χ4n) is 2.66. The van der Waals surface area contributed by atoms with Gasteiger partial charge in [0, 0.05) is 29.1 Å². The maximum Gasteiger partial charge on any atom is 0.303 e. The van der Waals surface area contributed by atoms with E-state index in [1.165, 1.54) is 6.07 Å². The number of hydrogen-bond acceptors (Lipinski definition) is 1. The number of nitrogens with one attached hydrogen (secondary N) is 1. The van der Waals surface area contributed by atoms with E-state index in [1.807, 2.05) is 0 Å². The molecule has 1 aromatic heterocycles. The van der Waals surface area contributed by atoms with Crippen molar-refractivity contribution in [1.82, 2.24) is 4.98 Å². The third-order valence-corrected chi connectivity index (χ3v) is 3.73. The van der Waals surface area contributed by atoms with Gasteiger partial charge < -0.3 is 10.1 Å². The van der Waals surface area contributed by atoms with Gasteiger partial charge in [0.15, 0.2) is 11.6 Å². The third kappa shape index (κ3) is 2.84. The summed E-state index contributed by atoms with van der Waals surface area (Å²) in [4.78, 5) is 13.6. The van der Waals surface area contributed by atoms with Gasteiger partial charge in [-0.05, 0) is 36.2 Å². The zero-order chi connectivity index (χ0) is 17.4. The molecule has 0 saturated carbocycles. The Kier molecular flexibility index (Phi) is 4.01. The van der Waals surface area contributed by atoms with E-state index in [0.29, 0.717) is 11.6 Å². The first-order chi connectivity index (χ1) is 11.4. The Bertz CT molecular complexity index is 949. The Hall–Kier alpha value is -2.83. The van der Waals surface area contributed by atoms with Crippen LogP contribution in [-0.2, 0) is 11.2 Å². The zero-order valence-corrected chi connectivity index (χ0v) is 12.2. The van der Waals surface area contributed by atoms with Gasteiger partial charge in [-0.3, -0.25) is 4.79 Å². The number of benzene rings is 2. The van der Waals surface area contributed by atoms with Gasteiger partial charge in [0.25, 0.3) is 0 Å². The van der Waals surface area contributed by atoms with Crippen molar-refractivity contribution >= 4 is 16.9 Å². The van der Waals surface area contributed by atoms with Crippen LogP contribution in [0.4, 0.5) is 17.6 Å². The monoisotopic (exact) mass is 337 g/mol. The summed E-state index contributed by atoms with van der Waals surface area (Å²) >= 11 is 0. The van der Waals surface area contributed by atoms with Gasteiger partial charge >= 0.3 is 5.97 Å². The number of aliphatic carboxylic acids is 1. The van der Waals surface area contributed by atoms with Crippen molar-refractivity contribution in [3.63, 3.8) is 0 Å². The molecule has 3 rings (SSSR count). The van der Waals surface area contributed by atoms with E-state index in [4.69, 9.17) is 5.11 Å². The number of H-pyrrole nitrogens is 1. The molecule has 0 aliphatic carbocycles. The lowest BCUT2D eigenvalue weighted by atomic mass is 10.0. The molecule has 3 aromatic rings. The Morgan fingerprint density at radius 2 is 1.75 bits per heavy atom. The first-order valence-electron chi connectivity index (χ1n) is 7.03. The van der Waals surface area contributed by atoms with Crippen LogP contribution in [0.25, 0.3) is 22.2 Å². The Morgan fingerprint density at radius 3 is 2.42 bits per heavy atom. The second-order valence-corrected chi connectivity index (χ2v) is 5.31. The van der Waals surface area contributed by atoms with E-state index in [1.54, 1.807) is 0 Å². The van der Waals surface area contributed by atoms with Crippen LogP contribution >= 0.6 is 0 Å². The number of halogens is 4. The van der Waals surface area contributed by atoms with Gasteiger partial charge in [-0.15, -0.1) is 0 Å². The van der Waals surface area contributed by atoms with Crippen molar-refractivity contribution in [2.75, 3.05) is 0 Å². The molecular formula is C17H11F4NO2. The summed E-state index contributed by atoms with van der Waals surface area (Å²) in [6, 6.07) is 4.87. The van der Waals surface area contributed by atoms with Crippen LogP contribution < -0.4 is 0 Å². The van der Waals surface area contributed by atoms with Crippen molar-refractivity contribution in [2.45, 2.75) is 12.8 Å². The van der Waals surface area contributed by atoms with Crippen molar-refractivity contribution in [3.8, 4) is 11.3 Å². The number of hydrogen-bond donors (Lipinski definition) is 2. The molecule has 0 spiro atoms. The average molecular weight is 337 g/mol. The van der Waals surface area contributed by atoms with Crippen LogP contribution in [0.2, 0.25) is 0 Å². The Morgan fingerprint density at radius 1 is 1.00 bits per heavy atom. The highest BCUT2D eigenvalue weighted by molar-refractivity contribution is 5.91. The topological polar surface area (TPSA) is 53.1 Å². The molecule has 0 atom stereocenters. The number of fused-ring (bicyclic) bond motifs is 1. The number of aryl methyl sites for hydroxylation is 1. The number of carboxylic acids is 1. The van der Waals surface area contributed by atoms with E-state index >= 15 is 0 Å². The normalized spacial score (nSPS) is 11.2. The highest BCUT2D eigenvalue weighted by atomic mass is 19.2. The molecule has 0 aliphatic heterocycles. The lowest BCUT2D eigenvalue weighted by Gasteiger charge is -2.05. The summed E-state index contributed by atoms with van der Waals surface area (Å²) in [6.07, 6.45) is -0.297. The third-order valence-electron chi connectivity index (χ3n) is 3.73. The molecule has 0 unspecified atom stereocenters. The molecule has 0 saturated heterocycles. The summed E-state index contributed by atoms with van der Waals surface area (Å²) in [5.74, 6) is -4.89. The fourth-order valence-corrected chi connectivity index (χ4v) is 2.66. The molecule has 124 valence electrons. The van der Waals surface area contributed by atoms with Crippen LogP contribution in [0, 0.1) is 23.3 Å². The first-order valence-corrected chi connectivity index (χ1v) is 7.03. The van der Waals surface area contributed by atoms with Crippen LogP contribution in [-0.4, -0.2) is 16.1 Å². The SMILES string of the molecule is O=C(O)CCc1c(-c2ccc(F)c(F)c2)[nH]c2c(F)cc(F)cc12. The quantitative estimate of drug-likeness (QED) is 0.693. The Labute approximate surface area is 133 Å². The lowest BCUT2D eigenvalue weighted by molar-refractivity contribution is -0.136. The van der Waals surface area contributed by atoms with Crippen molar-refractivity contribution in [1.29, 1.82) is 0 Å². The summed E-state index contributed by atoms with van der Waals surface area (Å²) in [5.41, 5.74) is 0.758. The molecule has 24 heavy (non-hydrogen) atoms. The average Bonchev–Trinajstić information content (AvgIpc) is 2.86. The van der Waals surface area contributed by atoms with Gasteiger partial charge in [0.2, 0.25) is 0 Å². The molecule has 3 nitrogen and oxygen atoms in total. The highest BCUT2D eigenvalue weighted by Gasteiger charge is 2.18. The molecule has 2 aromatic carbocycles. The second kappa shape index (κ2) is 5.99. The van der Waals surface area contributed by atoms with Gasteiger partial charge in [0.1, 0.15) is 11.6 Å². The molecule has 7 heteroatoms. The van der Waals surface area contributed by atoms with Crippen molar-refractivity contribution < 1.29 is 27.5 Å². The van der Waals surface area contributed by atoms with Gasteiger partial charge in [-0.2, -0.15) is 0 Å². The molecule has 0 amide bonds. The maximum absolute atomic E-state index is 14.0. The number of carboxylic acid groups (broad SMARTS) is 1. The molecule has 0 bridgehead atoms. The first kappa shape index (κ1) is 16.0. The number of aromatic nitrogens is 1. The zero-order valence-electron chi connectivity index (χ0n) is 12.2. The minimum atomic E-state index is -1.10. The number of aromatic amines is 1. The van der Waals surface area contributed by atoms with Crippen LogP contribution in [0.3, 0.4) is 0 Å². The van der Waals surface area contributed by atoms with Gasteiger partial charge in [-0.25, -0.2) is 17.6 Å². The number of rotatable bonds is 4. The van der Waals surface area contributed by atoms with E-state index in [9.17, 15) is 22.4 Å². The summed E-state index contributed by atoms with van der Waals surface area (Å²) in [5, 5.41) is 9.04.